The van der Waals surface area contributed by atoms with Crippen molar-refractivity contribution in [2.45, 2.75) is 76.9 Å². The molecule has 1 N–H and O–H groups in total. The number of Topliss-reactive ketones (excluding diaryl/α,β-unsaturated/α-hetero) is 1. The largest absolute Gasteiger partial charge is 0.356 e. The van der Waals surface area contributed by atoms with Gasteiger partial charge >= 0.3 is 0 Å². The average Bonchev–Trinajstić information content (AvgIpc) is 2.85. The van der Waals surface area contributed by atoms with E-state index < -0.39 is 0 Å². The Kier molecular flexibility index (Phi) is 11.2. The molecule has 0 aromatic heterocycles. The molecule has 26 heavy (non-hydrogen) atoms. The molecular formula is C19H32N2O4S. The normalized spacial score (nSPS) is 17.0. The van der Waals surface area contributed by atoms with E-state index in [9.17, 15) is 19.2 Å². The monoisotopic (exact) mass is 384 g/mol. The molecule has 1 aliphatic heterocycles. The van der Waals surface area contributed by atoms with Gasteiger partial charge in [-0.3, -0.25) is 24.1 Å². The van der Waals surface area contributed by atoms with E-state index in [1.807, 2.05) is 0 Å². The third kappa shape index (κ3) is 8.83. The Morgan fingerprint density at radius 3 is 2.58 bits per heavy atom. The lowest BCUT2D eigenvalue weighted by molar-refractivity contribution is -0.138. The van der Waals surface area contributed by atoms with Gasteiger partial charge in [0.15, 0.2) is 0 Å². The number of carbonyl (C=O) groups is 4. The van der Waals surface area contributed by atoms with Crippen molar-refractivity contribution >= 4 is 35.3 Å². The fourth-order valence-corrected chi connectivity index (χ4v) is 4.01. The highest BCUT2D eigenvalue weighted by atomic mass is 32.2. The van der Waals surface area contributed by atoms with Gasteiger partial charge in [-0.25, -0.2) is 0 Å². The second-order valence-electron chi connectivity index (χ2n) is 6.77. The van der Waals surface area contributed by atoms with Crippen molar-refractivity contribution in [3.63, 3.8) is 0 Å². The second kappa shape index (κ2) is 12.9. The summed E-state index contributed by atoms with van der Waals surface area (Å²) >= 11 is 1.40. The molecule has 1 atom stereocenters. The molecule has 0 radical (unpaired) electrons. The van der Waals surface area contributed by atoms with Crippen LogP contribution in [0.15, 0.2) is 0 Å². The van der Waals surface area contributed by atoms with Crippen LogP contribution in [0.25, 0.3) is 0 Å². The maximum absolute atomic E-state index is 12.3. The summed E-state index contributed by atoms with van der Waals surface area (Å²) in [5, 5.41) is 2.58. The van der Waals surface area contributed by atoms with Crippen LogP contribution in [0.2, 0.25) is 0 Å². The molecule has 7 heteroatoms. The first-order chi connectivity index (χ1) is 12.5. The number of hydrogen-bond donors (Lipinski definition) is 1. The number of ketones is 1. The third-order valence-corrected chi connectivity index (χ3v) is 5.57. The van der Waals surface area contributed by atoms with Crippen molar-refractivity contribution in [2.24, 2.45) is 0 Å². The van der Waals surface area contributed by atoms with Crippen LogP contribution in [0.1, 0.15) is 71.6 Å². The van der Waals surface area contributed by atoms with Crippen LogP contribution in [0, 0.1) is 0 Å². The molecule has 0 aromatic carbocycles. The van der Waals surface area contributed by atoms with Crippen molar-refractivity contribution in [3.8, 4) is 0 Å². The molecular weight excluding hydrogens is 352 g/mol. The topological polar surface area (TPSA) is 83.6 Å². The first-order valence-electron chi connectivity index (χ1n) is 9.67. The highest BCUT2D eigenvalue weighted by molar-refractivity contribution is 8.00. The van der Waals surface area contributed by atoms with Gasteiger partial charge in [0.2, 0.25) is 17.7 Å². The Balaban J connectivity index is 2.14. The summed E-state index contributed by atoms with van der Waals surface area (Å²) in [5.74, 6) is 0.512. The number of hydrogen-bond acceptors (Lipinski definition) is 5. The molecule has 1 fully saturated rings. The van der Waals surface area contributed by atoms with Crippen LogP contribution in [-0.2, 0) is 19.2 Å². The number of imide groups is 1. The van der Waals surface area contributed by atoms with Crippen LogP contribution in [-0.4, -0.2) is 52.5 Å². The standard InChI is InChI=1S/C19H32N2O4S/c1-3-4-7-11-20-17(23)9-6-5-8-12-21-18(24)14-16(19(21)25)26-13-10-15(2)22/h16H,3-14H2,1-2H3,(H,20,23). The number of rotatable bonds is 14. The summed E-state index contributed by atoms with van der Waals surface area (Å²) in [6, 6.07) is 0. The van der Waals surface area contributed by atoms with Gasteiger partial charge in [-0.15, -0.1) is 11.8 Å². The summed E-state index contributed by atoms with van der Waals surface area (Å²) in [6.45, 7) is 4.83. The molecule has 0 spiro atoms. The van der Waals surface area contributed by atoms with Crippen LogP contribution in [0.4, 0.5) is 0 Å². The number of thioether (sulfide) groups is 1. The lowest BCUT2D eigenvalue weighted by Crippen LogP contribution is -2.32. The van der Waals surface area contributed by atoms with E-state index in [-0.39, 0.29) is 35.2 Å². The Hall–Kier alpha value is -1.37. The van der Waals surface area contributed by atoms with E-state index in [1.165, 1.54) is 23.6 Å². The van der Waals surface area contributed by atoms with Crippen LogP contribution >= 0.6 is 11.8 Å². The van der Waals surface area contributed by atoms with Crippen molar-refractivity contribution in [1.29, 1.82) is 0 Å². The maximum Gasteiger partial charge on any atom is 0.242 e. The molecule has 3 amide bonds. The third-order valence-electron chi connectivity index (χ3n) is 4.36. The summed E-state index contributed by atoms with van der Waals surface area (Å²) in [6.07, 6.45) is 6.78. The zero-order valence-electron chi connectivity index (χ0n) is 16.1. The van der Waals surface area contributed by atoms with Gasteiger partial charge < -0.3 is 5.32 Å². The highest BCUT2D eigenvalue weighted by Crippen LogP contribution is 2.26. The minimum atomic E-state index is -0.337. The Morgan fingerprint density at radius 2 is 1.88 bits per heavy atom. The van der Waals surface area contributed by atoms with E-state index in [4.69, 9.17) is 0 Å². The number of nitrogens with zero attached hydrogens (tertiary/aromatic N) is 1. The molecule has 0 saturated carbocycles. The first kappa shape index (κ1) is 22.7. The number of carbonyl (C=O) groups excluding carboxylic acids is 4. The predicted octanol–water partition coefficient (Wildman–Crippen LogP) is 2.69. The van der Waals surface area contributed by atoms with Gasteiger partial charge in [-0.1, -0.05) is 26.2 Å². The van der Waals surface area contributed by atoms with Crippen molar-refractivity contribution in [1.82, 2.24) is 10.2 Å². The number of amides is 3. The fourth-order valence-electron chi connectivity index (χ4n) is 2.79. The highest BCUT2D eigenvalue weighted by Gasteiger charge is 2.38. The molecule has 1 heterocycles. The smallest absolute Gasteiger partial charge is 0.242 e. The van der Waals surface area contributed by atoms with E-state index in [0.29, 0.717) is 25.1 Å². The van der Waals surface area contributed by atoms with Crippen LogP contribution < -0.4 is 5.32 Å². The maximum atomic E-state index is 12.3. The van der Waals surface area contributed by atoms with E-state index in [0.717, 1.165) is 45.1 Å². The molecule has 0 bridgehead atoms. The quantitative estimate of drug-likeness (QED) is 0.368. The molecule has 1 aliphatic rings. The fraction of sp³-hybridized carbons (Fsp3) is 0.789. The Labute approximate surface area is 160 Å². The van der Waals surface area contributed by atoms with Crippen molar-refractivity contribution in [2.75, 3.05) is 18.8 Å². The predicted molar refractivity (Wildman–Crippen MR) is 104 cm³/mol. The molecule has 0 aliphatic carbocycles. The first-order valence-corrected chi connectivity index (χ1v) is 10.7. The zero-order chi connectivity index (χ0) is 19.4. The Morgan fingerprint density at radius 1 is 1.12 bits per heavy atom. The molecule has 6 nitrogen and oxygen atoms in total. The molecule has 1 saturated heterocycles. The van der Waals surface area contributed by atoms with Gasteiger partial charge in [0.05, 0.1) is 5.25 Å². The van der Waals surface area contributed by atoms with E-state index in [2.05, 4.69) is 12.2 Å². The van der Waals surface area contributed by atoms with Gasteiger partial charge in [0.25, 0.3) is 0 Å². The van der Waals surface area contributed by atoms with E-state index >= 15 is 0 Å². The zero-order valence-corrected chi connectivity index (χ0v) is 16.9. The molecule has 148 valence electrons. The van der Waals surface area contributed by atoms with Crippen LogP contribution in [0.3, 0.4) is 0 Å². The summed E-state index contributed by atoms with van der Waals surface area (Å²) in [5.41, 5.74) is 0. The molecule has 1 unspecified atom stereocenters. The number of nitrogens with one attached hydrogen (secondary N) is 1. The van der Waals surface area contributed by atoms with Crippen molar-refractivity contribution in [3.05, 3.63) is 0 Å². The van der Waals surface area contributed by atoms with Crippen LogP contribution in [0.5, 0.6) is 0 Å². The summed E-state index contributed by atoms with van der Waals surface area (Å²) in [7, 11) is 0. The van der Waals surface area contributed by atoms with Gasteiger partial charge in [0.1, 0.15) is 5.78 Å². The van der Waals surface area contributed by atoms with E-state index in [1.54, 1.807) is 0 Å². The SMILES string of the molecule is CCCCCNC(=O)CCCCCN1C(=O)CC(SCCC(C)=O)C1=O. The van der Waals surface area contributed by atoms with Gasteiger partial charge in [-0.2, -0.15) is 0 Å². The second-order valence-corrected chi connectivity index (χ2v) is 8.08. The minimum Gasteiger partial charge on any atom is -0.356 e. The summed E-state index contributed by atoms with van der Waals surface area (Å²) < 4.78 is 0. The average molecular weight is 385 g/mol. The van der Waals surface area contributed by atoms with Crippen molar-refractivity contribution < 1.29 is 19.2 Å². The minimum absolute atomic E-state index is 0.0800. The number of unbranched alkanes of at least 4 members (excludes halogenated alkanes) is 4. The molecule has 1 rings (SSSR count). The number of likely N-dealkylation sites (tertiary alicyclic amines) is 1. The summed E-state index contributed by atoms with van der Waals surface area (Å²) in [4.78, 5) is 48.2. The molecule has 0 aromatic rings. The Bertz CT molecular complexity index is 496. The lowest BCUT2D eigenvalue weighted by atomic mass is 10.1. The van der Waals surface area contributed by atoms with Gasteiger partial charge in [0, 0.05) is 38.1 Å². The lowest BCUT2D eigenvalue weighted by Gasteiger charge is -2.14. The van der Waals surface area contributed by atoms with Gasteiger partial charge in [-0.05, 0) is 26.2 Å².